The highest BCUT2D eigenvalue weighted by Crippen LogP contribution is 2.49. The molecule has 1 heterocycles. The second kappa shape index (κ2) is 6.96. The minimum atomic E-state index is 0.0105. The molecule has 136 valence electrons. The summed E-state index contributed by atoms with van der Waals surface area (Å²) in [4.78, 5) is 13.4. The van der Waals surface area contributed by atoms with Crippen LogP contribution in [0.4, 0.5) is 0 Å². The molecule has 0 bridgehead atoms. The highest BCUT2D eigenvalue weighted by Gasteiger charge is 2.41. The Bertz CT molecular complexity index is 842. The number of rotatable bonds is 3. The van der Waals surface area contributed by atoms with Crippen LogP contribution in [0.5, 0.6) is 0 Å². The van der Waals surface area contributed by atoms with Crippen LogP contribution in [0.15, 0.2) is 65.1 Å². The first-order valence-electron chi connectivity index (χ1n) is 8.94. The van der Waals surface area contributed by atoms with E-state index >= 15 is 0 Å². The lowest BCUT2D eigenvalue weighted by Gasteiger charge is -2.30. The van der Waals surface area contributed by atoms with Gasteiger partial charge in [0.1, 0.15) is 5.76 Å². The van der Waals surface area contributed by atoms with Crippen LogP contribution in [0.2, 0.25) is 0 Å². The zero-order chi connectivity index (χ0) is 18.9. The lowest BCUT2D eigenvalue weighted by molar-refractivity contribution is 0.108. The Labute approximate surface area is 160 Å². The molecular weight excluding hydrogens is 340 g/mol. The number of benzene rings is 2. The summed E-state index contributed by atoms with van der Waals surface area (Å²) < 4.78 is 6.12. The summed E-state index contributed by atoms with van der Waals surface area (Å²) in [5.74, 6) is 0.970. The van der Waals surface area contributed by atoms with Crippen LogP contribution >= 0.6 is 11.8 Å². The zero-order valence-corrected chi connectivity index (χ0v) is 16.9. The number of thioether (sulfide) groups is 1. The quantitative estimate of drug-likeness (QED) is 0.585. The van der Waals surface area contributed by atoms with E-state index in [2.05, 4.69) is 46.8 Å². The van der Waals surface area contributed by atoms with E-state index in [9.17, 15) is 4.79 Å². The zero-order valence-electron chi connectivity index (χ0n) is 16.1. The molecule has 1 aliphatic heterocycles. The summed E-state index contributed by atoms with van der Waals surface area (Å²) >= 11 is 1.26. The van der Waals surface area contributed by atoms with Crippen LogP contribution in [0, 0.1) is 10.8 Å². The van der Waals surface area contributed by atoms with Crippen molar-refractivity contribution in [3.05, 3.63) is 71.3 Å². The third-order valence-electron chi connectivity index (χ3n) is 4.55. The van der Waals surface area contributed by atoms with Gasteiger partial charge < -0.3 is 4.74 Å². The number of hydrogen-bond acceptors (Lipinski definition) is 3. The minimum absolute atomic E-state index is 0.0105. The van der Waals surface area contributed by atoms with E-state index in [1.165, 1.54) is 17.3 Å². The molecule has 0 aromatic heterocycles. The smallest absolute Gasteiger partial charge is 0.224 e. The number of carbonyl (C=O) groups is 1. The van der Waals surface area contributed by atoms with Gasteiger partial charge in [0.05, 0.1) is 6.61 Å². The first-order chi connectivity index (χ1) is 12.2. The van der Waals surface area contributed by atoms with Gasteiger partial charge in [-0.1, -0.05) is 77.1 Å². The maximum absolute atomic E-state index is 12.5. The molecule has 2 nitrogen and oxygen atoms in total. The maximum Gasteiger partial charge on any atom is 0.224 e. The average molecular weight is 367 g/mol. The SMILES string of the molecule is CC(C)(C)C1=C(c2cccc(SC(=O)c3ccccc3)c2)OCC1(C)C. The van der Waals surface area contributed by atoms with E-state index in [1.54, 1.807) is 0 Å². The summed E-state index contributed by atoms with van der Waals surface area (Å²) in [6, 6.07) is 17.5. The molecule has 0 saturated heterocycles. The topological polar surface area (TPSA) is 26.3 Å². The first-order valence-corrected chi connectivity index (χ1v) is 9.76. The van der Waals surface area contributed by atoms with Crippen LogP contribution in [0.3, 0.4) is 0 Å². The van der Waals surface area contributed by atoms with E-state index in [1.807, 2.05) is 42.5 Å². The molecule has 0 radical (unpaired) electrons. The highest BCUT2D eigenvalue weighted by atomic mass is 32.2. The molecular formula is C23H26O2S. The Kier molecular flexibility index (Phi) is 5.03. The third-order valence-corrected chi connectivity index (χ3v) is 5.46. The van der Waals surface area contributed by atoms with Crippen LogP contribution < -0.4 is 0 Å². The number of carbonyl (C=O) groups excluding carboxylic acids is 1. The molecule has 0 fully saturated rings. The Morgan fingerprint density at radius 2 is 1.73 bits per heavy atom. The van der Waals surface area contributed by atoms with E-state index in [0.29, 0.717) is 6.61 Å². The Balaban J connectivity index is 1.93. The molecule has 0 aliphatic carbocycles. The van der Waals surface area contributed by atoms with Gasteiger partial charge in [-0.25, -0.2) is 0 Å². The lowest BCUT2D eigenvalue weighted by atomic mass is 9.71. The van der Waals surface area contributed by atoms with Crippen molar-refractivity contribution < 1.29 is 9.53 Å². The summed E-state index contributed by atoms with van der Waals surface area (Å²) in [7, 11) is 0. The molecule has 0 N–H and O–H groups in total. The Hall–Kier alpha value is -2.00. The largest absolute Gasteiger partial charge is 0.492 e. The molecule has 26 heavy (non-hydrogen) atoms. The van der Waals surface area contributed by atoms with Crippen molar-refractivity contribution in [1.82, 2.24) is 0 Å². The van der Waals surface area contributed by atoms with Gasteiger partial charge in [0.15, 0.2) is 0 Å². The predicted molar refractivity (Wildman–Crippen MR) is 109 cm³/mol. The fourth-order valence-corrected chi connectivity index (χ4v) is 4.53. The summed E-state index contributed by atoms with van der Waals surface area (Å²) in [5, 5.41) is 0.0560. The van der Waals surface area contributed by atoms with E-state index in [4.69, 9.17) is 4.74 Å². The van der Waals surface area contributed by atoms with Gasteiger partial charge in [0.2, 0.25) is 5.12 Å². The lowest BCUT2D eigenvalue weighted by Crippen LogP contribution is -2.24. The van der Waals surface area contributed by atoms with Crippen molar-refractivity contribution in [2.45, 2.75) is 39.5 Å². The summed E-state index contributed by atoms with van der Waals surface area (Å²) in [6.45, 7) is 11.9. The molecule has 3 heteroatoms. The number of hydrogen-bond donors (Lipinski definition) is 0. The maximum atomic E-state index is 12.5. The first kappa shape index (κ1) is 18.8. The fourth-order valence-electron chi connectivity index (χ4n) is 3.73. The second-order valence-electron chi connectivity index (χ2n) is 8.41. The number of ether oxygens (including phenoxy) is 1. The van der Waals surface area contributed by atoms with Crippen molar-refractivity contribution in [3.63, 3.8) is 0 Å². The normalized spacial score (nSPS) is 16.5. The molecule has 2 aromatic carbocycles. The van der Waals surface area contributed by atoms with Crippen molar-refractivity contribution in [2.75, 3.05) is 6.61 Å². The van der Waals surface area contributed by atoms with E-state index in [-0.39, 0.29) is 15.9 Å². The van der Waals surface area contributed by atoms with E-state index in [0.717, 1.165) is 21.8 Å². The highest BCUT2D eigenvalue weighted by molar-refractivity contribution is 8.14. The predicted octanol–water partition coefficient (Wildman–Crippen LogP) is 6.43. The Morgan fingerprint density at radius 1 is 1.04 bits per heavy atom. The van der Waals surface area contributed by atoms with E-state index < -0.39 is 0 Å². The molecule has 0 amide bonds. The molecule has 0 unspecified atom stereocenters. The second-order valence-corrected chi connectivity index (χ2v) is 9.46. The molecule has 2 aromatic rings. The van der Waals surface area contributed by atoms with Crippen LogP contribution in [-0.4, -0.2) is 11.7 Å². The van der Waals surface area contributed by atoms with Gasteiger partial charge >= 0.3 is 0 Å². The standard InChI is InChI=1S/C23H26O2S/c1-22(2,3)20-19(25-15-23(20,4)5)17-12-9-13-18(14-17)26-21(24)16-10-7-6-8-11-16/h6-14H,15H2,1-5H3. The molecule has 0 spiro atoms. The van der Waals surface area contributed by atoms with Gasteiger partial charge in [-0.2, -0.15) is 0 Å². The summed E-state index contributed by atoms with van der Waals surface area (Å²) in [6.07, 6.45) is 0. The van der Waals surface area contributed by atoms with Gasteiger partial charge in [0.25, 0.3) is 0 Å². The molecule has 0 atom stereocenters. The van der Waals surface area contributed by atoms with Crippen molar-refractivity contribution in [1.29, 1.82) is 0 Å². The van der Waals surface area contributed by atoms with Crippen LogP contribution in [-0.2, 0) is 4.74 Å². The molecule has 0 saturated carbocycles. The molecule has 1 aliphatic rings. The van der Waals surface area contributed by atoms with Crippen molar-refractivity contribution >= 4 is 22.6 Å². The van der Waals surface area contributed by atoms with Gasteiger partial charge in [-0.3, -0.25) is 4.79 Å². The van der Waals surface area contributed by atoms with Crippen LogP contribution in [0.1, 0.15) is 50.5 Å². The van der Waals surface area contributed by atoms with Crippen LogP contribution in [0.25, 0.3) is 5.76 Å². The van der Waals surface area contributed by atoms with Gasteiger partial charge in [0, 0.05) is 21.4 Å². The van der Waals surface area contributed by atoms with Crippen molar-refractivity contribution in [2.24, 2.45) is 10.8 Å². The monoisotopic (exact) mass is 366 g/mol. The van der Waals surface area contributed by atoms with Crippen molar-refractivity contribution in [3.8, 4) is 0 Å². The summed E-state index contributed by atoms with van der Waals surface area (Å²) in [5.41, 5.74) is 3.14. The average Bonchev–Trinajstić information content (AvgIpc) is 2.91. The fraction of sp³-hybridized carbons (Fsp3) is 0.348. The van der Waals surface area contributed by atoms with Gasteiger partial charge in [-0.05, 0) is 34.9 Å². The Morgan fingerprint density at radius 3 is 2.38 bits per heavy atom. The minimum Gasteiger partial charge on any atom is -0.492 e. The van der Waals surface area contributed by atoms with Gasteiger partial charge in [-0.15, -0.1) is 0 Å². The third kappa shape index (κ3) is 3.88. The molecule has 3 rings (SSSR count).